The number of rotatable bonds is 4. The molecule has 7 heteroatoms. The minimum atomic E-state index is -0.347. The summed E-state index contributed by atoms with van der Waals surface area (Å²) in [6, 6.07) is 12.5. The van der Waals surface area contributed by atoms with Crippen molar-refractivity contribution >= 4 is 23.5 Å². The lowest BCUT2D eigenvalue weighted by Crippen LogP contribution is -2.31. The smallest absolute Gasteiger partial charge is 0.257 e. The van der Waals surface area contributed by atoms with Crippen molar-refractivity contribution in [3.63, 3.8) is 0 Å². The molecular weight excluding hydrogens is 389 g/mol. The molecule has 0 radical (unpaired) electrons. The average Bonchev–Trinajstić information content (AvgIpc) is 2.68. The highest BCUT2D eigenvalue weighted by molar-refractivity contribution is 7.98. The van der Waals surface area contributed by atoms with Crippen LogP contribution in [0.1, 0.15) is 40.2 Å². The molecule has 2 heterocycles. The van der Waals surface area contributed by atoms with Crippen LogP contribution >= 0.6 is 11.8 Å². The number of carbonyl (C=O) groups is 1. The Balaban J connectivity index is 1.70. The Morgan fingerprint density at radius 2 is 1.97 bits per heavy atom. The minimum absolute atomic E-state index is 0.174. The maximum atomic E-state index is 13.8. The van der Waals surface area contributed by atoms with Crippen LogP contribution in [0.2, 0.25) is 0 Å². The van der Waals surface area contributed by atoms with E-state index in [1.54, 1.807) is 18.2 Å². The normalized spacial score (nSPS) is 15.7. The van der Waals surface area contributed by atoms with Gasteiger partial charge < -0.3 is 10.3 Å². The van der Waals surface area contributed by atoms with Gasteiger partial charge >= 0.3 is 0 Å². The highest BCUT2D eigenvalue weighted by Gasteiger charge is 2.31. The van der Waals surface area contributed by atoms with Gasteiger partial charge in [0.1, 0.15) is 11.6 Å². The first-order valence-corrected chi connectivity index (χ1v) is 10.3. The molecule has 3 aromatic rings. The molecular formula is C22H20FN3O2S. The van der Waals surface area contributed by atoms with Crippen LogP contribution in [0.25, 0.3) is 0 Å². The zero-order valence-electron chi connectivity index (χ0n) is 16.1. The van der Waals surface area contributed by atoms with Crippen LogP contribution in [-0.2, 0) is 10.5 Å². The molecule has 2 aromatic carbocycles. The molecule has 1 aliphatic rings. The van der Waals surface area contributed by atoms with Crippen LogP contribution in [0.15, 0.2) is 52.4 Å². The Morgan fingerprint density at radius 1 is 1.17 bits per heavy atom. The Labute approximate surface area is 171 Å². The van der Waals surface area contributed by atoms with Crippen LogP contribution in [-0.4, -0.2) is 15.9 Å². The van der Waals surface area contributed by atoms with Gasteiger partial charge in [0.2, 0.25) is 5.91 Å². The molecule has 1 atom stereocenters. The summed E-state index contributed by atoms with van der Waals surface area (Å²) in [5.41, 5.74) is 3.76. The molecule has 0 fully saturated rings. The quantitative estimate of drug-likeness (QED) is 0.498. The Bertz CT molecular complexity index is 1160. The van der Waals surface area contributed by atoms with Crippen molar-refractivity contribution in [2.75, 3.05) is 5.32 Å². The summed E-state index contributed by atoms with van der Waals surface area (Å²) in [7, 11) is 0. The first kappa shape index (κ1) is 19.4. The number of hydrogen-bond acceptors (Lipinski definition) is 4. The number of amides is 1. The number of benzene rings is 2. The first-order valence-electron chi connectivity index (χ1n) is 9.30. The number of thioether (sulfide) groups is 1. The van der Waals surface area contributed by atoms with Crippen molar-refractivity contribution in [1.82, 2.24) is 9.97 Å². The van der Waals surface area contributed by atoms with Gasteiger partial charge in [-0.2, -0.15) is 0 Å². The van der Waals surface area contributed by atoms with Crippen molar-refractivity contribution in [2.24, 2.45) is 0 Å². The molecule has 0 aliphatic carbocycles. The van der Waals surface area contributed by atoms with Crippen LogP contribution in [0.5, 0.6) is 0 Å². The molecule has 29 heavy (non-hydrogen) atoms. The Hall–Kier alpha value is -2.93. The van der Waals surface area contributed by atoms with Gasteiger partial charge in [0.05, 0.1) is 5.56 Å². The molecule has 1 aliphatic heterocycles. The van der Waals surface area contributed by atoms with E-state index in [-0.39, 0.29) is 35.4 Å². The standard InChI is InChI=1S/C22H20FN3O2S/c1-12-7-8-13(2)15(9-12)16-10-18(27)24-20-19(16)21(28)26-22(25-20)29-11-14-5-3-4-6-17(14)23/h3-9,16H,10-11H2,1-2H3,(H2,24,25,26,27,28)/t16-/m1/s1. The molecule has 148 valence electrons. The Morgan fingerprint density at radius 3 is 2.76 bits per heavy atom. The van der Waals surface area contributed by atoms with E-state index in [4.69, 9.17) is 0 Å². The Kier molecular flexibility index (Phi) is 5.24. The number of aromatic nitrogens is 2. The third-order valence-corrected chi connectivity index (χ3v) is 5.98. The molecule has 0 saturated carbocycles. The monoisotopic (exact) mass is 409 g/mol. The van der Waals surface area contributed by atoms with E-state index < -0.39 is 0 Å². The van der Waals surface area contributed by atoms with Gasteiger partial charge in [0, 0.05) is 18.1 Å². The number of nitrogens with one attached hydrogen (secondary N) is 2. The number of anilines is 1. The first-order chi connectivity index (χ1) is 13.9. The van der Waals surface area contributed by atoms with E-state index in [0.29, 0.717) is 22.0 Å². The summed E-state index contributed by atoms with van der Waals surface area (Å²) in [6.07, 6.45) is 0.198. The van der Waals surface area contributed by atoms with Gasteiger partial charge in [-0.1, -0.05) is 53.7 Å². The van der Waals surface area contributed by atoms with E-state index in [1.165, 1.54) is 17.8 Å². The lowest BCUT2D eigenvalue weighted by Gasteiger charge is -2.26. The van der Waals surface area contributed by atoms with Crippen molar-refractivity contribution in [3.8, 4) is 0 Å². The van der Waals surface area contributed by atoms with E-state index in [2.05, 4.69) is 15.3 Å². The third-order valence-electron chi connectivity index (χ3n) is 5.06. The predicted molar refractivity (Wildman–Crippen MR) is 112 cm³/mol. The number of aromatic amines is 1. The van der Waals surface area contributed by atoms with Crippen molar-refractivity contribution in [3.05, 3.63) is 86.5 Å². The fourth-order valence-corrected chi connectivity index (χ4v) is 4.43. The number of aryl methyl sites for hydroxylation is 2. The fourth-order valence-electron chi connectivity index (χ4n) is 3.58. The van der Waals surface area contributed by atoms with Gasteiger partial charge in [0.25, 0.3) is 5.56 Å². The maximum absolute atomic E-state index is 13.8. The van der Waals surface area contributed by atoms with Crippen LogP contribution < -0.4 is 10.9 Å². The summed E-state index contributed by atoms with van der Waals surface area (Å²) in [5, 5.41) is 3.07. The van der Waals surface area contributed by atoms with Crippen LogP contribution in [0.3, 0.4) is 0 Å². The molecule has 0 saturated heterocycles. The summed E-state index contributed by atoms with van der Waals surface area (Å²) in [6.45, 7) is 3.96. The van der Waals surface area contributed by atoms with Gasteiger partial charge in [-0.05, 0) is 36.6 Å². The summed E-state index contributed by atoms with van der Waals surface area (Å²) >= 11 is 1.22. The average molecular weight is 409 g/mol. The summed E-state index contributed by atoms with van der Waals surface area (Å²) < 4.78 is 13.8. The van der Waals surface area contributed by atoms with E-state index in [1.807, 2.05) is 32.0 Å². The van der Waals surface area contributed by atoms with Crippen molar-refractivity contribution in [1.29, 1.82) is 0 Å². The highest BCUT2D eigenvalue weighted by Crippen LogP contribution is 2.36. The molecule has 0 spiro atoms. The molecule has 4 rings (SSSR count). The highest BCUT2D eigenvalue weighted by atomic mass is 32.2. The number of fused-ring (bicyclic) bond motifs is 1. The molecule has 2 N–H and O–H groups in total. The number of carbonyl (C=O) groups excluding carboxylic acids is 1. The number of halogens is 1. The lowest BCUT2D eigenvalue weighted by molar-refractivity contribution is -0.116. The number of hydrogen-bond donors (Lipinski definition) is 2. The lowest BCUT2D eigenvalue weighted by atomic mass is 9.84. The molecule has 0 bridgehead atoms. The summed E-state index contributed by atoms with van der Waals surface area (Å²) in [5.74, 6) is -0.217. The minimum Gasteiger partial charge on any atom is -0.310 e. The zero-order valence-corrected chi connectivity index (χ0v) is 16.9. The van der Waals surface area contributed by atoms with E-state index in [0.717, 1.165) is 16.7 Å². The van der Waals surface area contributed by atoms with Crippen LogP contribution in [0.4, 0.5) is 10.2 Å². The van der Waals surface area contributed by atoms with E-state index >= 15 is 0 Å². The van der Waals surface area contributed by atoms with Crippen molar-refractivity contribution < 1.29 is 9.18 Å². The molecule has 5 nitrogen and oxygen atoms in total. The van der Waals surface area contributed by atoms with Gasteiger partial charge in [-0.3, -0.25) is 9.59 Å². The SMILES string of the molecule is Cc1ccc(C)c([C@H]2CC(=O)Nc3nc(SCc4ccccc4F)[nH]c(=O)c32)c1. The fraction of sp³-hybridized carbons (Fsp3) is 0.227. The van der Waals surface area contributed by atoms with Gasteiger partial charge in [-0.15, -0.1) is 0 Å². The number of nitrogens with zero attached hydrogens (tertiary/aromatic N) is 1. The molecule has 0 unspecified atom stereocenters. The largest absolute Gasteiger partial charge is 0.310 e. The predicted octanol–water partition coefficient (Wildman–Crippen LogP) is 4.29. The van der Waals surface area contributed by atoms with Crippen LogP contribution in [0, 0.1) is 19.7 Å². The second-order valence-corrected chi connectivity index (χ2v) is 8.14. The maximum Gasteiger partial charge on any atom is 0.257 e. The van der Waals surface area contributed by atoms with E-state index in [9.17, 15) is 14.0 Å². The molecule has 1 aromatic heterocycles. The summed E-state index contributed by atoms with van der Waals surface area (Å²) in [4.78, 5) is 32.5. The second-order valence-electron chi connectivity index (χ2n) is 7.18. The van der Waals surface area contributed by atoms with Crippen molar-refractivity contribution in [2.45, 2.75) is 37.1 Å². The van der Waals surface area contributed by atoms with Gasteiger partial charge in [0.15, 0.2) is 5.16 Å². The third kappa shape index (κ3) is 3.96. The number of H-pyrrole nitrogens is 1. The topological polar surface area (TPSA) is 74.8 Å². The second kappa shape index (κ2) is 7.83. The van der Waals surface area contributed by atoms with Gasteiger partial charge in [-0.25, -0.2) is 9.37 Å². The molecule has 1 amide bonds. The zero-order chi connectivity index (χ0) is 20.5.